The summed E-state index contributed by atoms with van der Waals surface area (Å²) in [4.78, 5) is 25.7. The number of nitrogens with zero attached hydrogens (tertiary/aromatic N) is 1. The Labute approximate surface area is 178 Å². The molecule has 1 fully saturated rings. The lowest BCUT2D eigenvalue weighted by molar-refractivity contribution is -0.123. The van der Waals surface area contributed by atoms with Crippen LogP contribution in [-0.2, 0) is 11.3 Å². The number of carbonyl (C=O) groups excluding carboxylic acids is 2. The standard InChI is InChI=1S/C21H13BrClFN2O3/c22-15-7-5-12(9-16(15)23)19-8-6-14(29-19)10-18-20(27)26(21(28)25-18)11-13-3-1-2-4-17(13)24/h1-10H,11H2,(H,25,28)/b18-10+. The van der Waals surface area contributed by atoms with Crippen LogP contribution in [0.25, 0.3) is 17.4 Å². The van der Waals surface area contributed by atoms with Gasteiger partial charge in [-0.2, -0.15) is 0 Å². The molecule has 0 unspecified atom stereocenters. The summed E-state index contributed by atoms with van der Waals surface area (Å²) in [5.41, 5.74) is 1.08. The minimum atomic E-state index is -0.615. The monoisotopic (exact) mass is 474 g/mol. The minimum Gasteiger partial charge on any atom is -0.457 e. The average molecular weight is 476 g/mol. The van der Waals surface area contributed by atoms with Crippen molar-refractivity contribution in [2.24, 2.45) is 0 Å². The van der Waals surface area contributed by atoms with Gasteiger partial charge in [-0.3, -0.25) is 9.69 Å². The first-order valence-corrected chi connectivity index (χ1v) is 9.72. The summed E-state index contributed by atoms with van der Waals surface area (Å²) in [6, 6.07) is 14.2. The van der Waals surface area contributed by atoms with Gasteiger partial charge in [0, 0.05) is 21.7 Å². The Morgan fingerprint density at radius 1 is 1.14 bits per heavy atom. The number of rotatable bonds is 4. The van der Waals surface area contributed by atoms with E-state index in [4.69, 9.17) is 16.0 Å². The number of halogens is 3. The zero-order valence-electron chi connectivity index (χ0n) is 14.8. The van der Waals surface area contributed by atoms with Gasteiger partial charge in [-0.05, 0) is 46.3 Å². The highest BCUT2D eigenvalue weighted by molar-refractivity contribution is 9.10. The van der Waals surface area contributed by atoms with Crippen molar-refractivity contribution in [2.45, 2.75) is 6.54 Å². The van der Waals surface area contributed by atoms with E-state index in [1.807, 2.05) is 6.07 Å². The fourth-order valence-electron chi connectivity index (χ4n) is 2.89. The summed E-state index contributed by atoms with van der Waals surface area (Å²) in [7, 11) is 0. The molecular formula is C21H13BrClFN2O3. The molecule has 4 rings (SSSR count). The van der Waals surface area contributed by atoms with Crippen LogP contribution in [0.15, 0.2) is 69.2 Å². The Morgan fingerprint density at radius 2 is 1.93 bits per heavy atom. The third-order valence-electron chi connectivity index (χ3n) is 4.37. The van der Waals surface area contributed by atoms with Crippen molar-refractivity contribution in [2.75, 3.05) is 0 Å². The van der Waals surface area contributed by atoms with Crippen LogP contribution in [0.3, 0.4) is 0 Å². The number of imide groups is 1. The molecule has 146 valence electrons. The first-order chi connectivity index (χ1) is 13.9. The number of hydrogen-bond donors (Lipinski definition) is 1. The van der Waals surface area contributed by atoms with E-state index in [1.54, 1.807) is 36.4 Å². The van der Waals surface area contributed by atoms with E-state index in [2.05, 4.69) is 21.2 Å². The number of carbonyl (C=O) groups is 2. The third-order valence-corrected chi connectivity index (χ3v) is 5.60. The molecule has 0 saturated carbocycles. The molecular weight excluding hydrogens is 463 g/mol. The third kappa shape index (κ3) is 3.97. The van der Waals surface area contributed by atoms with Gasteiger partial charge in [-0.1, -0.05) is 35.9 Å². The van der Waals surface area contributed by atoms with Crippen LogP contribution in [0.1, 0.15) is 11.3 Å². The summed E-state index contributed by atoms with van der Waals surface area (Å²) < 4.78 is 20.4. The largest absolute Gasteiger partial charge is 0.457 e. The van der Waals surface area contributed by atoms with E-state index in [1.165, 1.54) is 18.2 Å². The molecule has 1 N–H and O–H groups in total. The average Bonchev–Trinajstić information content (AvgIpc) is 3.26. The molecule has 1 aromatic heterocycles. The predicted molar refractivity (Wildman–Crippen MR) is 110 cm³/mol. The molecule has 0 aliphatic carbocycles. The van der Waals surface area contributed by atoms with E-state index in [0.717, 1.165) is 14.9 Å². The highest BCUT2D eigenvalue weighted by Crippen LogP contribution is 2.30. The zero-order valence-corrected chi connectivity index (χ0v) is 17.1. The van der Waals surface area contributed by atoms with E-state index in [-0.39, 0.29) is 17.8 Å². The van der Waals surface area contributed by atoms with Gasteiger partial charge in [0.1, 0.15) is 23.0 Å². The molecule has 3 aromatic rings. The molecule has 0 spiro atoms. The lowest BCUT2D eigenvalue weighted by atomic mass is 10.2. The normalized spacial score (nSPS) is 15.3. The second-order valence-electron chi connectivity index (χ2n) is 6.30. The number of hydrogen-bond acceptors (Lipinski definition) is 3. The molecule has 8 heteroatoms. The van der Waals surface area contributed by atoms with Gasteiger partial charge < -0.3 is 9.73 Å². The van der Waals surface area contributed by atoms with E-state index in [0.29, 0.717) is 16.5 Å². The molecule has 1 saturated heterocycles. The first kappa shape index (κ1) is 19.4. The van der Waals surface area contributed by atoms with Crippen LogP contribution in [0, 0.1) is 5.82 Å². The highest BCUT2D eigenvalue weighted by Gasteiger charge is 2.34. The van der Waals surface area contributed by atoms with Gasteiger partial charge in [-0.15, -0.1) is 0 Å². The Hall–Kier alpha value is -2.90. The number of amides is 3. The Morgan fingerprint density at radius 3 is 2.69 bits per heavy atom. The maximum Gasteiger partial charge on any atom is 0.329 e. The van der Waals surface area contributed by atoms with Crippen LogP contribution >= 0.6 is 27.5 Å². The predicted octanol–water partition coefficient (Wildman–Crippen LogP) is 5.59. The first-order valence-electron chi connectivity index (χ1n) is 8.55. The zero-order chi connectivity index (χ0) is 20.5. The van der Waals surface area contributed by atoms with E-state index >= 15 is 0 Å². The van der Waals surface area contributed by atoms with Crippen molar-refractivity contribution in [1.82, 2.24) is 10.2 Å². The molecule has 1 aliphatic rings. The molecule has 3 amide bonds. The summed E-state index contributed by atoms with van der Waals surface area (Å²) in [6.45, 7) is -0.157. The van der Waals surface area contributed by atoms with Gasteiger partial charge in [0.05, 0.1) is 11.6 Å². The number of nitrogens with one attached hydrogen (secondary N) is 1. The summed E-state index contributed by atoms with van der Waals surface area (Å²) in [6.07, 6.45) is 1.44. The molecule has 0 radical (unpaired) electrons. The molecule has 2 aromatic carbocycles. The number of urea groups is 1. The highest BCUT2D eigenvalue weighted by atomic mass is 79.9. The van der Waals surface area contributed by atoms with Crippen LogP contribution in [0.2, 0.25) is 5.02 Å². The van der Waals surface area contributed by atoms with Gasteiger partial charge in [0.25, 0.3) is 5.91 Å². The maximum absolute atomic E-state index is 13.8. The fourth-order valence-corrected chi connectivity index (χ4v) is 3.32. The lowest BCUT2D eigenvalue weighted by Gasteiger charge is -2.12. The van der Waals surface area contributed by atoms with Gasteiger partial charge in [0.2, 0.25) is 0 Å². The van der Waals surface area contributed by atoms with E-state index in [9.17, 15) is 14.0 Å². The van der Waals surface area contributed by atoms with Crippen LogP contribution < -0.4 is 5.32 Å². The second-order valence-corrected chi connectivity index (χ2v) is 7.56. The number of benzene rings is 2. The number of furan rings is 1. The van der Waals surface area contributed by atoms with Crippen molar-refractivity contribution >= 4 is 45.5 Å². The Bertz CT molecular complexity index is 1160. The van der Waals surface area contributed by atoms with Crippen LogP contribution in [0.4, 0.5) is 9.18 Å². The van der Waals surface area contributed by atoms with Gasteiger partial charge >= 0.3 is 6.03 Å². The van der Waals surface area contributed by atoms with Crippen molar-refractivity contribution in [3.8, 4) is 11.3 Å². The Balaban J connectivity index is 1.55. The molecule has 5 nitrogen and oxygen atoms in total. The lowest BCUT2D eigenvalue weighted by Crippen LogP contribution is -2.30. The smallest absolute Gasteiger partial charge is 0.329 e. The summed E-state index contributed by atoms with van der Waals surface area (Å²) in [5, 5.41) is 3.04. The van der Waals surface area contributed by atoms with Gasteiger partial charge in [0.15, 0.2) is 0 Å². The van der Waals surface area contributed by atoms with Gasteiger partial charge in [-0.25, -0.2) is 9.18 Å². The van der Waals surface area contributed by atoms with Crippen LogP contribution in [0.5, 0.6) is 0 Å². The molecule has 0 bridgehead atoms. The Kier molecular flexibility index (Phi) is 5.25. The topological polar surface area (TPSA) is 62.6 Å². The van der Waals surface area contributed by atoms with Crippen molar-refractivity contribution in [3.63, 3.8) is 0 Å². The maximum atomic E-state index is 13.8. The molecule has 0 atom stereocenters. The summed E-state index contributed by atoms with van der Waals surface area (Å²) in [5.74, 6) is -0.0843. The van der Waals surface area contributed by atoms with Crippen molar-refractivity contribution in [3.05, 3.63) is 86.9 Å². The quantitative estimate of drug-likeness (QED) is 0.395. The van der Waals surface area contributed by atoms with Crippen molar-refractivity contribution in [1.29, 1.82) is 0 Å². The second kappa shape index (κ2) is 7.85. The molecule has 29 heavy (non-hydrogen) atoms. The fraction of sp³-hybridized carbons (Fsp3) is 0.0476. The van der Waals surface area contributed by atoms with Crippen molar-refractivity contribution < 1.29 is 18.4 Å². The summed E-state index contributed by atoms with van der Waals surface area (Å²) >= 11 is 9.45. The molecule has 1 aliphatic heterocycles. The van der Waals surface area contributed by atoms with E-state index < -0.39 is 17.8 Å². The van der Waals surface area contributed by atoms with Crippen LogP contribution in [-0.4, -0.2) is 16.8 Å². The minimum absolute atomic E-state index is 0.0566. The molecule has 2 heterocycles. The SMILES string of the molecule is O=C1N/C(=C/c2ccc(-c3ccc(Br)c(Cl)c3)o2)C(=O)N1Cc1ccccc1F.